The van der Waals surface area contributed by atoms with Crippen LogP contribution in [-0.2, 0) is 0 Å². The number of carbonyl (C=O) groups is 1. The van der Waals surface area contributed by atoms with E-state index >= 15 is 0 Å². The van der Waals surface area contributed by atoms with Gasteiger partial charge in [-0.1, -0.05) is 23.3 Å². The van der Waals surface area contributed by atoms with Crippen LogP contribution in [0.4, 0.5) is 5.95 Å². The van der Waals surface area contributed by atoms with Crippen molar-refractivity contribution < 1.29 is 4.79 Å². The summed E-state index contributed by atoms with van der Waals surface area (Å²) in [5.41, 5.74) is 4.16. The van der Waals surface area contributed by atoms with E-state index in [0.29, 0.717) is 12.6 Å². The van der Waals surface area contributed by atoms with Crippen molar-refractivity contribution >= 4 is 11.7 Å². The third-order valence-electron chi connectivity index (χ3n) is 6.17. The van der Waals surface area contributed by atoms with Gasteiger partial charge < -0.3 is 9.47 Å². The van der Waals surface area contributed by atoms with E-state index in [1.54, 1.807) is 4.68 Å². The Morgan fingerprint density at radius 3 is 2.50 bits per heavy atom. The van der Waals surface area contributed by atoms with Crippen molar-refractivity contribution in [2.75, 3.05) is 37.6 Å². The predicted molar refractivity (Wildman–Crippen MR) is 114 cm³/mol. The highest BCUT2D eigenvalue weighted by atomic mass is 16.1. The Morgan fingerprint density at radius 1 is 1.07 bits per heavy atom. The monoisotopic (exact) mass is 405 g/mol. The van der Waals surface area contributed by atoms with Gasteiger partial charge in [-0.25, -0.2) is 0 Å². The summed E-state index contributed by atoms with van der Waals surface area (Å²) in [5, 5.41) is 12.3. The molecule has 2 aliphatic rings. The molecule has 8 heteroatoms. The molecular weight excluding hydrogens is 378 g/mol. The van der Waals surface area contributed by atoms with Crippen molar-refractivity contribution in [3.8, 4) is 5.69 Å². The van der Waals surface area contributed by atoms with Gasteiger partial charge in [0.2, 0.25) is 5.95 Å². The summed E-state index contributed by atoms with van der Waals surface area (Å²) in [6.45, 7) is 7.87. The summed E-state index contributed by atoms with van der Waals surface area (Å²) < 4.78 is 4.11. The van der Waals surface area contributed by atoms with Gasteiger partial charge in [0.15, 0.2) is 5.78 Å². The van der Waals surface area contributed by atoms with E-state index in [2.05, 4.69) is 49.8 Å². The van der Waals surface area contributed by atoms with Crippen LogP contribution in [0.15, 0.2) is 36.4 Å². The van der Waals surface area contributed by atoms with Gasteiger partial charge in [0.05, 0.1) is 12.2 Å². The molecule has 0 N–H and O–H groups in total. The average molecular weight is 406 g/mol. The number of para-hydroxylation sites is 1. The molecule has 1 aromatic carbocycles. The Hall–Kier alpha value is -3.00. The quantitative estimate of drug-likeness (QED) is 0.587. The van der Waals surface area contributed by atoms with Gasteiger partial charge in [0.1, 0.15) is 0 Å². The summed E-state index contributed by atoms with van der Waals surface area (Å²) in [6, 6.07) is 12.6. The zero-order valence-corrected chi connectivity index (χ0v) is 17.5. The molecule has 1 saturated carbocycles. The molecule has 0 amide bonds. The Kier molecular flexibility index (Phi) is 4.86. The van der Waals surface area contributed by atoms with Gasteiger partial charge in [-0.3, -0.25) is 9.69 Å². The Labute approximate surface area is 176 Å². The molecule has 3 aromatic rings. The molecule has 156 valence electrons. The van der Waals surface area contributed by atoms with Crippen LogP contribution >= 0.6 is 0 Å². The number of ketones is 1. The van der Waals surface area contributed by atoms with E-state index in [9.17, 15) is 4.79 Å². The van der Waals surface area contributed by atoms with Gasteiger partial charge in [-0.2, -0.15) is 4.68 Å². The molecule has 0 radical (unpaired) electrons. The molecular formula is C22H27N7O. The van der Waals surface area contributed by atoms with Crippen LogP contribution in [0.25, 0.3) is 5.69 Å². The lowest BCUT2D eigenvalue weighted by Crippen LogP contribution is -2.48. The van der Waals surface area contributed by atoms with E-state index in [1.807, 2.05) is 30.3 Å². The molecule has 5 rings (SSSR count). The number of rotatable bonds is 6. The second-order valence-electron chi connectivity index (χ2n) is 8.30. The fourth-order valence-electron chi connectivity index (χ4n) is 4.46. The van der Waals surface area contributed by atoms with Crippen LogP contribution in [0.3, 0.4) is 0 Å². The Balaban J connectivity index is 1.23. The minimum Gasteiger partial charge on any atom is -0.345 e. The number of hydrogen-bond donors (Lipinski definition) is 0. The van der Waals surface area contributed by atoms with E-state index in [0.717, 1.165) is 49.1 Å². The molecule has 0 atom stereocenters. The number of piperazine rings is 1. The van der Waals surface area contributed by atoms with Crippen molar-refractivity contribution in [1.82, 2.24) is 29.7 Å². The minimum atomic E-state index is 0.220. The number of aryl methyl sites for hydroxylation is 1. The number of benzene rings is 1. The minimum absolute atomic E-state index is 0.220. The normalized spacial score (nSPS) is 17.5. The maximum Gasteiger partial charge on any atom is 0.250 e. The first-order valence-corrected chi connectivity index (χ1v) is 10.6. The van der Waals surface area contributed by atoms with Gasteiger partial charge in [0, 0.05) is 49.2 Å². The number of aromatic nitrogens is 5. The van der Waals surface area contributed by atoms with Crippen molar-refractivity contribution in [2.45, 2.75) is 32.7 Å². The molecule has 3 heterocycles. The Morgan fingerprint density at radius 2 is 1.80 bits per heavy atom. The maximum atomic E-state index is 13.0. The lowest BCUT2D eigenvalue weighted by atomic mass is 10.1. The van der Waals surface area contributed by atoms with Crippen LogP contribution in [0.2, 0.25) is 0 Å². The van der Waals surface area contributed by atoms with Crippen LogP contribution in [0, 0.1) is 13.8 Å². The number of carbonyl (C=O) groups excluding carboxylic acids is 1. The first-order chi connectivity index (χ1) is 14.6. The smallest absolute Gasteiger partial charge is 0.250 e. The number of nitrogens with zero attached hydrogens (tertiary/aromatic N) is 7. The fourth-order valence-corrected chi connectivity index (χ4v) is 4.46. The summed E-state index contributed by atoms with van der Waals surface area (Å²) in [5.74, 6) is 0.970. The van der Waals surface area contributed by atoms with Gasteiger partial charge >= 0.3 is 0 Å². The highest BCUT2D eigenvalue weighted by Crippen LogP contribution is 2.38. The van der Waals surface area contributed by atoms with Crippen LogP contribution in [0.1, 0.15) is 40.6 Å². The lowest BCUT2D eigenvalue weighted by Gasteiger charge is -2.34. The van der Waals surface area contributed by atoms with Crippen molar-refractivity contribution in [3.05, 3.63) is 53.3 Å². The molecule has 0 unspecified atom stereocenters. The van der Waals surface area contributed by atoms with E-state index in [4.69, 9.17) is 0 Å². The molecule has 2 aromatic heterocycles. The SMILES string of the molecule is Cc1cc(C(=O)CN2CCN(c3nnnn3-c3ccccc3)CC2)c(C)n1C1CC1. The van der Waals surface area contributed by atoms with Gasteiger partial charge in [-0.05, 0) is 55.3 Å². The highest BCUT2D eigenvalue weighted by Gasteiger charge is 2.29. The zero-order chi connectivity index (χ0) is 20.7. The number of Topliss-reactive ketones (excluding diaryl/α,β-unsaturated/α-hetero) is 1. The maximum absolute atomic E-state index is 13.0. The van der Waals surface area contributed by atoms with E-state index in [-0.39, 0.29) is 5.78 Å². The first-order valence-electron chi connectivity index (χ1n) is 10.6. The number of tetrazole rings is 1. The average Bonchev–Trinajstić information content (AvgIpc) is 3.38. The molecule has 0 spiro atoms. The third kappa shape index (κ3) is 3.52. The highest BCUT2D eigenvalue weighted by molar-refractivity contribution is 5.99. The summed E-state index contributed by atoms with van der Waals surface area (Å²) >= 11 is 0. The summed E-state index contributed by atoms with van der Waals surface area (Å²) in [6.07, 6.45) is 2.46. The van der Waals surface area contributed by atoms with Gasteiger partial charge in [-0.15, -0.1) is 0 Å². The third-order valence-corrected chi connectivity index (χ3v) is 6.17. The number of anilines is 1. The largest absolute Gasteiger partial charge is 0.345 e. The van der Waals surface area contributed by atoms with Crippen molar-refractivity contribution in [2.24, 2.45) is 0 Å². The van der Waals surface area contributed by atoms with Crippen LogP contribution in [0.5, 0.6) is 0 Å². The fraction of sp³-hybridized carbons (Fsp3) is 0.455. The first kappa shape index (κ1) is 19.0. The molecule has 0 bridgehead atoms. The molecule has 1 aliphatic carbocycles. The molecule has 2 fully saturated rings. The Bertz CT molecular complexity index is 1040. The van der Waals surface area contributed by atoms with Crippen molar-refractivity contribution in [1.29, 1.82) is 0 Å². The molecule has 1 saturated heterocycles. The second kappa shape index (κ2) is 7.68. The molecule has 30 heavy (non-hydrogen) atoms. The number of hydrogen-bond acceptors (Lipinski definition) is 6. The van der Waals surface area contributed by atoms with Gasteiger partial charge in [0.25, 0.3) is 0 Å². The van der Waals surface area contributed by atoms with Crippen molar-refractivity contribution in [3.63, 3.8) is 0 Å². The zero-order valence-electron chi connectivity index (χ0n) is 17.5. The van der Waals surface area contributed by atoms with E-state index < -0.39 is 0 Å². The predicted octanol–water partition coefficient (Wildman–Crippen LogP) is 2.42. The molecule has 8 nitrogen and oxygen atoms in total. The summed E-state index contributed by atoms with van der Waals surface area (Å²) in [4.78, 5) is 17.4. The van der Waals surface area contributed by atoms with Crippen LogP contribution in [-0.4, -0.2) is 68.2 Å². The van der Waals surface area contributed by atoms with E-state index in [1.165, 1.54) is 18.5 Å². The summed E-state index contributed by atoms with van der Waals surface area (Å²) in [7, 11) is 0. The lowest BCUT2D eigenvalue weighted by molar-refractivity contribution is 0.0925. The standard InChI is InChI=1S/C22H27N7O/c1-16-14-20(17(2)28(16)18-8-9-18)21(30)15-26-10-12-27(13-11-26)22-23-24-25-29(22)19-6-4-3-5-7-19/h3-7,14,18H,8-13,15H2,1-2H3. The second-order valence-corrected chi connectivity index (χ2v) is 8.30. The topological polar surface area (TPSA) is 72.1 Å². The van der Waals surface area contributed by atoms with Crippen LogP contribution < -0.4 is 4.90 Å². The molecule has 1 aliphatic heterocycles.